The molecule has 3 amide bonds. The van der Waals surface area contributed by atoms with Crippen molar-refractivity contribution in [1.29, 1.82) is 0 Å². The smallest absolute Gasteiger partial charge is 0.243 e. The van der Waals surface area contributed by atoms with Gasteiger partial charge in [-0.1, -0.05) is 30.3 Å². The molecule has 10 N–H and O–H groups in total. The Hall–Kier alpha value is -3.14. The Labute approximate surface area is 170 Å². The van der Waals surface area contributed by atoms with E-state index in [9.17, 15) is 14.4 Å². The molecule has 0 aromatic heterocycles. The van der Waals surface area contributed by atoms with Crippen molar-refractivity contribution in [2.24, 2.45) is 27.9 Å². The highest BCUT2D eigenvalue weighted by atomic mass is 16.2. The van der Waals surface area contributed by atoms with E-state index in [1.54, 1.807) is 0 Å². The molecule has 0 aliphatic carbocycles. The summed E-state index contributed by atoms with van der Waals surface area (Å²) in [4.78, 5) is 40.1. The lowest BCUT2D eigenvalue weighted by Gasteiger charge is -2.22. The maximum Gasteiger partial charge on any atom is 0.243 e. The van der Waals surface area contributed by atoms with Gasteiger partial charge in [0.15, 0.2) is 5.96 Å². The van der Waals surface area contributed by atoms with Gasteiger partial charge in [-0.3, -0.25) is 19.4 Å². The molecule has 0 aliphatic heterocycles. The largest absolute Gasteiger partial charge is 0.370 e. The number of hydrogen-bond donors (Lipinski definition) is 6. The topological polar surface area (TPSA) is 192 Å². The second kappa shape index (κ2) is 12.3. The van der Waals surface area contributed by atoms with E-state index in [2.05, 4.69) is 15.6 Å². The molecule has 0 unspecified atom stereocenters. The highest BCUT2D eigenvalue weighted by Gasteiger charge is 2.25. The number of nitrogens with zero attached hydrogens (tertiary/aromatic N) is 1. The van der Waals surface area contributed by atoms with Crippen molar-refractivity contribution in [3.05, 3.63) is 35.9 Å². The van der Waals surface area contributed by atoms with Gasteiger partial charge in [-0.2, -0.15) is 0 Å². The Balaban J connectivity index is 2.69. The fourth-order valence-electron chi connectivity index (χ4n) is 2.54. The predicted molar refractivity (Wildman–Crippen MR) is 111 cm³/mol. The number of carbonyl (C=O) groups is 3. The number of benzene rings is 1. The lowest BCUT2D eigenvalue weighted by Crippen LogP contribution is -2.55. The van der Waals surface area contributed by atoms with Crippen LogP contribution in [0.3, 0.4) is 0 Å². The molecule has 1 aromatic rings. The van der Waals surface area contributed by atoms with Crippen molar-refractivity contribution < 1.29 is 14.4 Å². The first-order chi connectivity index (χ1) is 13.7. The number of carbonyl (C=O) groups excluding carboxylic acids is 3. The van der Waals surface area contributed by atoms with Crippen LogP contribution in [0.4, 0.5) is 0 Å². The Morgan fingerprint density at radius 3 is 2.24 bits per heavy atom. The summed E-state index contributed by atoms with van der Waals surface area (Å²) >= 11 is 0. The molecule has 0 aliphatic rings. The molecular weight excluding hydrogens is 374 g/mol. The Morgan fingerprint density at radius 1 is 1.00 bits per heavy atom. The highest BCUT2D eigenvalue weighted by Crippen LogP contribution is 2.06. The monoisotopic (exact) mass is 405 g/mol. The first kappa shape index (κ1) is 23.9. The van der Waals surface area contributed by atoms with Crippen molar-refractivity contribution in [3.8, 4) is 0 Å². The van der Waals surface area contributed by atoms with Crippen LogP contribution >= 0.6 is 0 Å². The standard InChI is InChI=1S/C19H31N7O3/c1-12(16(21)27)25-18(29)15(11-13-7-3-2-4-8-13)26-17(28)14(20)9-5-6-10-24-19(22)23/h2-4,7-8,12,14-15H,5-6,9-11,20H2,1H3,(H2,21,27)(H,25,29)(H,26,28)(H4,22,23,24)/t12-,14-,15-/m0/s1. The summed E-state index contributed by atoms with van der Waals surface area (Å²) in [6.45, 7) is 1.94. The Morgan fingerprint density at radius 2 is 1.66 bits per heavy atom. The molecule has 1 aromatic carbocycles. The molecule has 0 radical (unpaired) electrons. The number of nitrogens with two attached hydrogens (primary N) is 4. The van der Waals surface area contributed by atoms with Crippen LogP contribution in [0.5, 0.6) is 0 Å². The number of aliphatic imine (C=N–C) groups is 1. The summed E-state index contributed by atoms with van der Waals surface area (Å²) in [6, 6.07) is 6.67. The van der Waals surface area contributed by atoms with Gasteiger partial charge in [-0.15, -0.1) is 0 Å². The van der Waals surface area contributed by atoms with Gasteiger partial charge in [0.1, 0.15) is 12.1 Å². The second-order valence-electron chi connectivity index (χ2n) is 6.79. The first-order valence-electron chi connectivity index (χ1n) is 9.45. The molecule has 0 spiro atoms. The SMILES string of the molecule is C[C@H](NC(=O)[C@H](Cc1ccccc1)NC(=O)[C@@H](N)CCCCN=C(N)N)C(N)=O. The summed E-state index contributed by atoms with van der Waals surface area (Å²) in [6.07, 6.45) is 2.01. The molecule has 3 atom stereocenters. The molecule has 10 heteroatoms. The van der Waals surface area contributed by atoms with Crippen molar-refractivity contribution in [3.63, 3.8) is 0 Å². The van der Waals surface area contributed by atoms with Gasteiger partial charge in [0, 0.05) is 13.0 Å². The lowest BCUT2D eigenvalue weighted by atomic mass is 10.0. The molecule has 1 rings (SSSR count). The summed E-state index contributed by atoms with van der Waals surface area (Å²) < 4.78 is 0. The number of hydrogen-bond acceptors (Lipinski definition) is 5. The zero-order valence-corrected chi connectivity index (χ0v) is 16.6. The van der Waals surface area contributed by atoms with E-state index < -0.39 is 35.8 Å². The van der Waals surface area contributed by atoms with E-state index in [4.69, 9.17) is 22.9 Å². The molecule has 0 heterocycles. The van der Waals surface area contributed by atoms with Crippen LogP contribution in [0, 0.1) is 0 Å². The van der Waals surface area contributed by atoms with Crippen LogP contribution in [0.1, 0.15) is 31.7 Å². The average molecular weight is 406 g/mol. The fraction of sp³-hybridized carbons (Fsp3) is 0.474. The van der Waals surface area contributed by atoms with Crippen LogP contribution in [0.25, 0.3) is 0 Å². The van der Waals surface area contributed by atoms with Gasteiger partial charge in [0.25, 0.3) is 0 Å². The van der Waals surface area contributed by atoms with Crippen molar-refractivity contribution in [2.75, 3.05) is 6.54 Å². The molecule has 10 nitrogen and oxygen atoms in total. The molecule has 0 bridgehead atoms. The van der Waals surface area contributed by atoms with E-state index in [0.29, 0.717) is 25.8 Å². The van der Waals surface area contributed by atoms with E-state index in [1.165, 1.54) is 6.92 Å². The fourth-order valence-corrected chi connectivity index (χ4v) is 2.54. The van der Waals surface area contributed by atoms with Gasteiger partial charge in [-0.25, -0.2) is 0 Å². The average Bonchev–Trinajstić information content (AvgIpc) is 2.67. The minimum atomic E-state index is -0.889. The third kappa shape index (κ3) is 9.56. The summed E-state index contributed by atoms with van der Waals surface area (Å²) in [7, 11) is 0. The number of primary amides is 1. The molecule has 0 saturated heterocycles. The van der Waals surface area contributed by atoms with E-state index >= 15 is 0 Å². The zero-order chi connectivity index (χ0) is 21.8. The molecule has 0 saturated carbocycles. The second-order valence-corrected chi connectivity index (χ2v) is 6.79. The van der Waals surface area contributed by atoms with Crippen molar-refractivity contribution in [1.82, 2.24) is 10.6 Å². The predicted octanol–water partition coefficient (Wildman–Crippen LogP) is -1.53. The number of nitrogens with one attached hydrogen (secondary N) is 2. The number of guanidine groups is 1. The van der Waals surface area contributed by atoms with E-state index in [-0.39, 0.29) is 12.4 Å². The lowest BCUT2D eigenvalue weighted by molar-refractivity contribution is -0.131. The van der Waals surface area contributed by atoms with Crippen molar-refractivity contribution in [2.45, 2.75) is 50.7 Å². The number of amides is 3. The van der Waals surface area contributed by atoms with Gasteiger partial charge >= 0.3 is 0 Å². The molecule has 29 heavy (non-hydrogen) atoms. The zero-order valence-electron chi connectivity index (χ0n) is 16.6. The molecule has 160 valence electrons. The van der Waals surface area contributed by atoms with Crippen LogP contribution in [-0.2, 0) is 20.8 Å². The van der Waals surface area contributed by atoms with Crippen LogP contribution < -0.4 is 33.6 Å². The van der Waals surface area contributed by atoms with Gasteiger partial charge in [0.05, 0.1) is 6.04 Å². The third-order valence-corrected chi connectivity index (χ3v) is 4.26. The van der Waals surface area contributed by atoms with Gasteiger partial charge < -0.3 is 33.6 Å². The van der Waals surface area contributed by atoms with Crippen LogP contribution in [-0.4, -0.2) is 48.4 Å². The Kier molecular flexibility index (Phi) is 10.2. The van der Waals surface area contributed by atoms with E-state index in [1.807, 2.05) is 30.3 Å². The first-order valence-corrected chi connectivity index (χ1v) is 9.45. The number of unbranched alkanes of at least 4 members (excludes halogenated alkanes) is 1. The molecular formula is C19H31N7O3. The maximum atomic E-state index is 12.6. The molecule has 0 fully saturated rings. The minimum Gasteiger partial charge on any atom is -0.370 e. The van der Waals surface area contributed by atoms with Crippen LogP contribution in [0.15, 0.2) is 35.3 Å². The van der Waals surface area contributed by atoms with E-state index in [0.717, 1.165) is 5.56 Å². The summed E-state index contributed by atoms with van der Waals surface area (Å²) in [5.74, 6) is -1.60. The maximum absolute atomic E-state index is 12.6. The van der Waals surface area contributed by atoms with Crippen molar-refractivity contribution >= 4 is 23.7 Å². The highest BCUT2D eigenvalue weighted by molar-refractivity contribution is 5.92. The summed E-state index contributed by atoms with van der Waals surface area (Å²) in [5.41, 5.74) is 22.5. The number of rotatable bonds is 12. The Bertz CT molecular complexity index is 705. The quantitative estimate of drug-likeness (QED) is 0.139. The minimum absolute atomic E-state index is 0.0204. The van der Waals surface area contributed by atoms with Gasteiger partial charge in [-0.05, 0) is 31.7 Å². The normalized spacial score (nSPS) is 13.6. The third-order valence-electron chi connectivity index (χ3n) is 4.26. The van der Waals surface area contributed by atoms with Crippen LogP contribution in [0.2, 0.25) is 0 Å². The van der Waals surface area contributed by atoms with Gasteiger partial charge in [0.2, 0.25) is 17.7 Å². The summed E-state index contributed by atoms with van der Waals surface area (Å²) in [5, 5.41) is 5.18.